The Morgan fingerprint density at radius 1 is 1.21 bits per heavy atom. The van der Waals surface area contributed by atoms with Crippen molar-refractivity contribution in [2.75, 3.05) is 5.32 Å². The molecule has 0 saturated heterocycles. The van der Waals surface area contributed by atoms with Gasteiger partial charge in [0.2, 0.25) is 11.0 Å². The molecule has 0 bridgehead atoms. The molecule has 2 rings (SSSR count). The van der Waals surface area contributed by atoms with E-state index in [1.165, 1.54) is 11.3 Å². The lowest BCUT2D eigenvalue weighted by molar-refractivity contribution is -0.118. The molecule has 1 aromatic heterocycles. The summed E-state index contributed by atoms with van der Waals surface area (Å²) in [6, 6.07) is 6.65. The number of nitrogens with zero attached hydrogens (tertiary/aromatic N) is 2. The van der Waals surface area contributed by atoms with Gasteiger partial charge in [0, 0.05) is 5.56 Å². The molecule has 6 nitrogen and oxygen atoms in total. The number of carbonyl (C=O) groups excluding carboxylic acids is 2. The molecule has 2 N–H and O–H groups in total. The van der Waals surface area contributed by atoms with Crippen LogP contribution in [0.15, 0.2) is 24.3 Å². The Labute approximate surface area is 145 Å². The van der Waals surface area contributed by atoms with Gasteiger partial charge in [-0.25, -0.2) is 0 Å². The van der Waals surface area contributed by atoms with Gasteiger partial charge in [0.15, 0.2) is 0 Å². The zero-order valence-electron chi connectivity index (χ0n) is 14.3. The fourth-order valence-electron chi connectivity index (χ4n) is 2.21. The first-order chi connectivity index (χ1) is 11.4. The normalized spacial score (nSPS) is 12.0. The lowest BCUT2D eigenvalue weighted by atomic mass is 10.0. The third-order valence-electron chi connectivity index (χ3n) is 3.62. The highest BCUT2D eigenvalue weighted by Crippen LogP contribution is 2.17. The number of anilines is 1. The lowest BCUT2D eigenvalue weighted by Crippen LogP contribution is -2.47. The predicted molar refractivity (Wildman–Crippen MR) is 95.2 cm³/mol. The van der Waals surface area contributed by atoms with Crippen LogP contribution in [0.3, 0.4) is 0 Å². The van der Waals surface area contributed by atoms with Crippen LogP contribution < -0.4 is 10.6 Å². The number of aromatic nitrogens is 2. The van der Waals surface area contributed by atoms with E-state index in [2.05, 4.69) is 20.8 Å². The summed E-state index contributed by atoms with van der Waals surface area (Å²) in [6.07, 6.45) is 0.769. The predicted octanol–water partition coefficient (Wildman–Crippen LogP) is 2.80. The van der Waals surface area contributed by atoms with E-state index in [9.17, 15) is 9.59 Å². The van der Waals surface area contributed by atoms with Gasteiger partial charge >= 0.3 is 0 Å². The zero-order chi connectivity index (χ0) is 17.7. The van der Waals surface area contributed by atoms with Gasteiger partial charge in [0.25, 0.3) is 5.91 Å². The van der Waals surface area contributed by atoms with E-state index in [0.717, 1.165) is 17.0 Å². The van der Waals surface area contributed by atoms with Crippen LogP contribution >= 0.6 is 11.3 Å². The van der Waals surface area contributed by atoms with Gasteiger partial charge in [-0.2, -0.15) is 0 Å². The molecule has 0 aliphatic carbocycles. The standard InChI is InChI=1S/C17H22N4O2S/c1-5-13-20-21-17(24-13)19-16(23)14(10(2)3)18-15(22)12-9-7-6-8-11(12)4/h6-10,14H,5H2,1-4H3,(H,18,22)(H,19,21,23)/t14-/m0/s1. The van der Waals surface area contributed by atoms with Crippen LogP contribution in [0.4, 0.5) is 5.13 Å². The third kappa shape index (κ3) is 4.38. The third-order valence-corrected chi connectivity index (χ3v) is 4.61. The maximum atomic E-state index is 12.5. The fourth-order valence-corrected chi connectivity index (χ4v) is 2.89. The number of hydrogen-bond donors (Lipinski definition) is 2. The summed E-state index contributed by atoms with van der Waals surface area (Å²) >= 11 is 1.34. The van der Waals surface area contributed by atoms with Crippen LogP contribution in [0.1, 0.15) is 41.7 Å². The van der Waals surface area contributed by atoms with Gasteiger partial charge in [-0.15, -0.1) is 10.2 Å². The van der Waals surface area contributed by atoms with E-state index in [4.69, 9.17) is 0 Å². The fraction of sp³-hybridized carbons (Fsp3) is 0.412. The van der Waals surface area contributed by atoms with E-state index in [-0.39, 0.29) is 17.7 Å². The van der Waals surface area contributed by atoms with Crippen molar-refractivity contribution in [1.82, 2.24) is 15.5 Å². The molecule has 0 saturated carbocycles. The first-order valence-electron chi connectivity index (χ1n) is 7.92. The zero-order valence-corrected chi connectivity index (χ0v) is 15.1. The van der Waals surface area contributed by atoms with E-state index in [0.29, 0.717) is 10.7 Å². The molecule has 0 spiro atoms. The maximum absolute atomic E-state index is 12.5. The average Bonchev–Trinajstić information content (AvgIpc) is 3.00. The smallest absolute Gasteiger partial charge is 0.252 e. The number of carbonyl (C=O) groups is 2. The van der Waals surface area contributed by atoms with Gasteiger partial charge in [0.05, 0.1) is 0 Å². The minimum Gasteiger partial charge on any atom is -0.340 e. The van der Waals surface area contributed by atoms with E-state index >= 15 is 0 Å². The number of hydrogen-bond acceptors (Lipinski definition) is 5. The summed E-state index contributed by atoms with van der Waals surface area (Å²) in [5.74, 6) is -0.601. The molecule has 2 aromatic rings. The molecule has 1 atom stereocenters. The van der Waals surface area contributed by atoms with Crippen LogP contribution in [-0.2, 0) is 11.2 Å². The summed E-state index contributed by atoms with van der Waals surface area (Å²) < 4.78 is 0. The van der Waals surface area contributed by atoms with Gasteiger partial charge < -0.3 is 5.32 Å². The van der Waals surface area contributed by atoms with Crippen LogP contribution in [0, 0.1) is 12.8 Å². The second kappa shape index (κ2) is 8.01. The van der Waals surface area contributed by atoms with Crippen molar-refractivity contribution in [1.29, 1.82) is 0 Å². The summed E-state index contributed by atoms with van der Waals surface area (Å²) in [7, 11) is 0. The Morgan fingerprint density at radius 2 is 1.92 bits per heavy atom. The van der Waals surface area contributed by atoms with Gasteiger partial charge in [-0.05, 0) is 30.9 Å². The number of aryl methyl sites for hydroxylation is 2. The van der Waals surface area contributed by atoms with Crippen molar-refractivity contribution in [3.05, 3.63) is 40.4 Å². The van der Waals surface area contributed by atoms with Crippen molar-refractivity contribution >= 4 is 28.3 Å². The number of benzene rings is 1. The van der Waals surface area contributed by atoms with Crippen molar-refractivity contribution in [2.24, 2.45) is 5.92 Å². The quantitative estimate of drug-likeness (QED) is 0.842. The molecule has 24 heavy (non-hydrogen) atoms. The second-order valence-electron chi connectivity index (χ2n) is 5.85. The van der Waals surface area contributed by atoms with Gasteiger partial charge in [0.1, 0.15) is 11.0 Å². The molecular weight excluding hydrogens is 324 g/mol. The first-order valence-corrected chi connectivity index (χ1v) is 8.73. The van der Waals surface area contributed by atoms with Crippen LogP contribution in [0.2, 0.25) is 0 Å². The molecular formula is C17H22N4O2S. The highest BCUT2D eigenvalue weighted by Gasteiger charge is 2.26. The molecule has 0 aliphatic rings. The molecule has 2 amide bonds. The van der Waals surface area contributed by atoms with E-state index < -0.39 is 6.04 Å². The number of amides is 2. The van der Waals surface area contributed by atoms with Crippen LogP contribution in [0.25, 0.3) is 0 Å². The maximum Gasteiger partial charge on any atom is 0.252 e. The van der Waals surface area contributed by atoms with Gasteiger partial charge in [-0.1, -0.05) is 50.3 Å². The molecule has 1 heterocycles. The van der Waals surface area contributed by atoms with Crippen molar-refractivity contribution in [3.8, 4) is 0 Å². The van der Waals surface area contributed by atoms with E-state index in [1.807, 2.05) is 39.8 Å². The second-order valence-corrected chi connectivity index (χ2v) is 6.92. The summed E-state index contributed by atoms with van der Waals surface area (Å²) in [6.45, 7) is 7.62. The van der Waals surface area contributed by atoms with Crippen LogP contribution in [-0.4, -0.2) is 28.1 Å². The topological polar surface area (TPSA) is 84.0 Å². The number of rotatable bonds is 6. The Bertz CT molecular complexity index is 727. The molecule has 0 aliphatic heterocycles. The lowest BCUT2D eigenvalue weighted by Gasteiger charge is -2.21. The van der Waals surface area contributed by atoms with E-state index in [1.54, 1.807) is 12.1 Å². The molecule has 7 heteroatoms. The first kappa shape index (κ1) is 18.1. The van der Waals surface area contributed by atoms with Crippen LogP contribution in [0.5, 0.6) is 0 Å². The molecule has 0 fully saturated rings. The monoisotopic (exact) mass is 346 g/mol. The van der Waals surface area contributed by atoms with Crippen molar-refractivity contribution in [2.45, 2.75) is 40.2 Å². The Balaban J connectivity index is 2.09. The summed E-state index contributed by atoms with van der Waals surface area (Å²) in [5.41, 5.74) is 1.44. The summed E-state index contributed by atoms with van der Waals surface area (Å²) in [4.78, 5) is 25.0. The molecule has 0 unspecified atom stereocenters. The van der Waals surface area contributed by atoms with Crippen molar-refractivity contribution < 1.29 is 9.59 Å². The average molecular weight is 346 g/mol. The Morgan fingerprint density at radius 3 is 2.50 bits per heavy atom. The van der Waals surface area contributed by atoms with Crippen molar-refractivity contribution in [3.63, 3.8) is 0 Å². The Kier molecular flexibility index (Phi) is 6.03. The molecule has 128 valence electrons. The molecule has 0 radical (unpaired) electrons. The minimum absolute atomic E-state index is 0.0588. The summed E-state index contributed by atoms with van der Waals surface area (Å²) in [5, 5.41) is 14.8. The largest absolute Gasteiger partial charge is 0.340 e. The minimum atomic E-state index is -0.647. The molecule has 1 aromatic carbocycles. The van der Waals surface area contributed by atoms with Gasteiger partial charge in [-0.3, -0.25) is 14.9 Å². The number of nitrogens with one attached hydrogen (secondary N) is 2. The Hall–Kier alpha value is -2.28. The highest BCUT2D eigenvalue weighted by molar-refractivity contribution is 7.15. The SMILES string of the molecule is CCc1nnc(NC(=O)[C@@H](NC(=O)c2ccccc2C)C(C)C)s1. The highest BCUT2D eigenvalue weighted by atomic mass is 32.1.